The van der Waals surface area contributed by atoms with Crippen LogP contribution in [-0.2, 0) is 9.16 Å². The lowest BCUT2D eigenvalue weighted by Gasteiger charge is -2.33. The van der Waals surface area contributed by atoms with E-state index in [4.69, 9.17) is 14.9 Å². The van der Waals surface area contributed by atoms with Crippen molar-refractivity contribution in [2.75, 3.05) is 13.1 Å². The van der Waals surface area contributed by atoms with Gasteiger partial charge in [0.2, 0.25) is 0 Å². The molecular formula is C15H34N2O3Si. The number of ether oxygens (including phenoxy) is 1. The maximum atomic E-state index is 11.6. The fourth-order valence-electron chi connectivity index (χ4n) is 2.23. The molecule has 0 aromatic rings. The number of nitrogens with one attached hydrogen (secondary N) is 1. The summed E-state index contributed by atoms with van der Waals surface area (Å²) in [6.45, 7) is 13.2. The van der Waals surface area contributed by atoms with Crippen molar-refractivity contribution in [2.24, 2.45) is 5.73 Å². The molecule has 1 amide bonds. The zero-order valence-electron chi connectivity index (χ0n) is 14.6. The molecule has 0 spiro atoms. The first-order valence-electron chi connectivity index (χ1n) is 8.06. The van der Waals surface area contributed by atoms with Crippen LogP contribution in [0, 0.1) is 0 Å². The van der Waals surface area contributed by atoms with Crippen LogP contribution in [0.25, 0.3) is 0 Å². The first-order chi connectivity index (χ1) is 9.71. The van der Waals surface area contributed by atoms with Crippen molar-refractivity contribution in [3.63, 3.8) is 0 Å². The first kappa shape index (κ1) is 20.4. The molecule has 0 bridgehead atoms. The van der Waals surface area contributed by atoms with Crippen LogP contribution >= 0.6 is 0 Å². The molecule has 0 fully saturated rings. The molecule has 0 aliphatic heterocycles. The molecule has 0 aliphatic rings. The second-order valence-corrected chi connectivity index (χ2v) is 11.2. The van der Waals surface area contributed by atoms with Gasteiger partial charge in [0, 0.05) is 13.1 Å². The van der Waals surface area contributed by atoms with Gasteiger partial charge < -0.3 is 20.2 Å². The van der Waals surface area contributed by atoms with Crippen LogP contribution in [0.4, 0.5) is 4.79 Å². The molecule has 0 rings (SSSR count). The predicted octanol–water partition coefficient (Wildman–Crippen LogP) is 3.25. The molecule has 1 unspecified atom stereocenters. The van der Waals surface area contributed by atoms with Crippen molar-refractivity contribution in [2.45, 2.75) is 77.8 Å². The Hall–Kier alpha value is -0.593. The largest absolute Gasteiger partial charge is 0.444 e. The second-order valence-electron chi connectivity index (χ2n) is 6.44. The average molecular weight is 319 g/mol. The summed E-state index contributed by atoms with van der Waals surface area (Å²) in [5, 5.41) is 2.76. The van der Waals surface area contributed by atoms with Gasteiger partial charge in [-0.1, -0.05) is 20.8 Å². The quantitative estimate of drug-likeness (QED) is 0.640. The van der Waals surface area contributed by atoms with Crippen LogP contribution in [0.3, 0.4) is 0 Å². The SMILES string of the molecule is CC[Si](CC)(CC)OC(CN)CCNC(=O)OC(C)(C)C. The molecule has 6 heteroatoms. The molecule has 0 saturated heterocycles. The summed E-state index contributed by atoms with van der Waals surface area (Å²) in [5.74, 6) is 0. The van der Waals surface area contributed by atoms with Crippen molar-refractivity contribution in [3.05, 3.63) is 0 Å². The maximum Gasteiger partial charge on any atom is 0.407 e. The van der Waals surface area contributed by atoms with Gasteiger partial charge in [-0.3, -0.25) is 0 Å². The molecule has 0 aromatic heterocycles. The Balaban J connectivity index is 4.25. The van der Waals surface area contributed by atoms with Gasteiger partial charge in [-0.25, -0.2) is 4.79 Å². The molecule has 5 nitrogen and oxygen atoms in total. The van der Waals surface area contributed by atoms with Gasteiger partial charge >= 0.3 is 6.09 Å². The summed E-state index contributed by atoms with van der Waals surface area (Å²) < 4.78 is 11.5. The molecule has 0 aromatic carbocycles. The lowest BCUT2D eigenvalue weighted by Crippen LogP contribution is -2.44. The van der Waals surface area contributed by atoms with Crippen LogP contribution in [0.5, 0.6) is 0 Å². The van der Waals surface area contributed by atoms with Gasteiger partial charge in [-0.05, 0) is 45.3 Å². The minimum atomic E-state index is -1.64. The van der Waals surface area contributed by atoms with Crippen LogP contribution in [0.1, 0.15) is 48.0 Å². The summed E-state index contributed by atoms with van der Waals surface area (Å²) in [7, 11) is -1.64. The van der Waals surface area contributed by atoms with Crippen molar-refractivity contribution in [1.82, 2.24) is 5.32 Å². The standard InChI is InChI=1S/C15H34N2O3Si/c1-7-21(8-2,9-3)20-13(12-16)10-11-17-14(18)19-15(4,5)6/h13H,7-12,16H2,1-6H3,(H,17,18). The van der Waals surface area contributed by atoms with E-state index in [1.807, 2.05) is 20.8 Å². The Bertz CT molecular complexity index is 294. The molecule has 0 aliphatic carbocycles. The Labute approximate surface area is 131 Å². The van der Waals surface area contributed by atoms with E-state index in [1.54, 1.807) is 0 Å². The lowest BCUT2D eigenvalue weighted by atomic mass is 10.2. The summed E-state index contributed by atoms with van der Waals surface area (Å²) in [4.78, 5) is 11.6. The lowest BCUT2D eigenvalue weighted by molar-refractivity contribution is 0.0520. The van der Waals surface area contributed by atoms with Crippen molar-refractivity contribution in [1.29, 1.82) is 0 Å². The number of hydrogen-bond donors (Lipinski definition) is 2. The number of carbonyl (C=O) groups excluding carboxylic acids is 1. The topological polar surface area (TPSA) is 73.6 Å². The number of carbonyl (C=O) groups is 1. The Kier molecular flexibility index (Phi) is 9.16. The van der Waals surface area contributed by atoms with Gasteiger partial charge in [0.15, 0.2) is 8.32 Å². The van der Waals surface area contributed by atoms with Crippen molar-refractivity contribution < 1.29 is 14.0 Å². The van der Waals surface area contributed by atoms with E-state index in [-0.39, 0.29) is 12.2 Å². The fourth-order valence-corrected chi connectivity index (χ4v) is 5.15. The van der Waals surface area contributed by atoms with E-state index in [2.05, 4.69) is 26.1 Å². The summed E-state index contributed by atoms with van der Waals surface area (Å²) >= 11 is 0. The van der Waals surface area contributed by atoms with Crippen molar-refractivity contribution >= 4 is 14.4 Å². The number of rotatable bonds is 9. The zero-order chi connectivity index (χ0) is 16.5. The molecule has 21 heavy (non-hydrogen) atoms. The summed E-state index contributed by atoms with van der Waals surface area (Å²) in [6, 6.07) is 3.32. The molecule has 0 radical (unpaired) electrons. The minimum absolute atomic E-state index is 0.0199. The van der Waals surface area contributed by atoms with Gasteiger partial charge in [-0.15, -0.1) is 0 Å². The average Bonchev–Trinajstić information content (AvgIpc) is 2.41. The summed E-state index contributed by atoms with van der Waals surface area (Å²) in [6.07, 6.45) is 0.361. The number of nitrogens with two attached hydrogens (primary N) is 1. The number of hydrogen-bond acceptors (Lipinski definition) is 4. The Morgan fingerprint density at radius 2 is 1.71 bits per heavy atom. The van der Waals surface area contributed by atoms with E-state index < -0.39 is 13.9 Å². The second kappa shape index (κ2) is 9.43. The smallest absolute Gasteiger partial charge is 0.407 e. The third kappa shape index (κ3) is 8.43. The number of amides is 1. The highest BCUT2D eigenvalue weighted by Gasteiger charge is 2.31. The van der Waals surface area contributed by atoms with E-state index >= 15 is 0 Å². The first-order valence-corrected chi connectivity index (χ1v) is 10.6. The predicted molar refractivity (Wildman–Crippen MR) is 90.0 cm³/mol. The highest BCUT2D eigenvalue weighted by molar-refractivity contribution is 6.73. The molecule has 1 atom stereocenters. The van der Waals surface area contributed by atoms with Crippen LogP contribution in [0.15, 0.2) is 0 Å². The summed E-state index contributed by atoms with van der Waals surface area (Å²) in [5.41, 5.74) is 5.35. The monoisotopic (exact) mass is 318 g/mol. The Morgan fingerprint density at radius 1 is 1.19 bits per heavy atom. The van der Waals surface area contributed by atoms with Crippen LogP contribution < -0.4 is 11.1 Å². The van der Waals surface area contributed by atoms with E-state index in [1.165, 1.54) is 0 Å². The Morgan fingerprint density at radius 3 is 2.10 bits per heavy atom. The minimum Gasteiger partial charge on any atom is -0.444 e. The van der Waals surface area contributed by atoms with Gasteiger partial charge in [0.1, 0.15) is 5.60 Å². The third-order valence-electron chi connectivity index (χ3n) is 3.75. The highest BCUT2D eigenvalue weighted by atomic mass is 28.4. The van der Waals surface area contributed by atoms with Gasteiger partial charge in [-0.2, -0.15) is 0 Å². The van der Waals surface area contributed by atoms with E-state index in [0.29, 0.717) is 13.1 Å². The maximum absolute atomic E-state index is 11.6. The van der Waals surface area contributed by atoms with E-state index in [9.17, 15) is 4.79 Å². The third-order valence-corrected chi connectivity index (χ3v) is 8.45. The molecule has 0 saturated carbocycles. The molecule has 0 heterocycles. The molecule has 3 N–H and O–H groups in total. The molecular weight excluding hydrogens is 284 g/mol. The number of alkyl carbamates (subject to hydrolysis) is 1. The molecule has 126 valence electrons. The zero-order valence-corrected chi connectivity index (χ0v) is 15.6. The van der Waals surface area contributed by atoms with Gasteiger partial charge in [0.25, 0.3) is 0 Å². The van der Waals surface area contributed by atoms with Gasteiger partial charge in [0.05, 0.1) is 6.10 Å². The normalized spacial score (nSPS) is 13.9. The van der Waals surface area contributed by atoms with E-state index in [0.717, 1.165) is 24.6 Å². The highest BCUT2D eigenvalue weighted by Crippen LogP contribution is 2.23. The van der Waals surface area contributed by atoms with Crippen LogP contribution in [0.2, 0.25) is 18.1 Å². The van der Waals surface area contributed by atoms with Crippen LogP contribution in [-0.4, -0.2) is 39.2 Å². The fraction of sp³-hybridized carbons (Fsp3) is 0.933. The van der Waals surface area contributed by atoms with Crippen molar-refractivity contribution in [3.8, 4) is 0 Å².